The van der Waals surface area contributed by atoms with E-state index in [0.29, 0.717) is 5.13 Å². The third-order valence-corrected chi connectivity index (χ3v) is 3.68. The average Bonchev–Trinajstić information content (AvgIpc) is 3.03. The summed E-state index contributed by atoms with van der Waals surface area (Å²) in [5.74, 6) is -0.863. The molecule has 0 bridgehead atoms. The lowest BCUT2D eigenvalue weighted by Gasteiger charge is -2.06. The molecule has 0 radical (unpaired) electrons. The average molecular weight is 329 g/mol. The first-order valence-electron chi connectivity index (χ1n) is 6.75. The van der Waals surface area contributed by atoms with Crippen molar-refractivity contribution in [3.63, 3.8) is 0 Å². The first-order valence-corrected chi connectivity index (χ1v) is 7.63. The van der Waals surface area contributed by atoms with Gasteiger partial charge >= 0.3 is 0 Å². The number of carbonyl (C=O) groups is 1. The fraction of sp³-hybridized carbons (Fsp3) is 0.0625. The van der Waals surface area contributed by atoms with Crippen LogP contribution in [0.4, 0.5) is 9.52 Å². The van der Waals surface area contributed by atoms with E-state index in [0.717, 1.165) is 11.3 Å². The van der Waals surface area contributed by atoms with Crippen molar-refractivity contribution >= 4 is 22.4 Å². The molecule has 3 aromatic rings. The molecule has 1 amide bonds. The summed E-state index contributed by atoms with van der Waals surface area (Å²) in [7, 11) is 0. The summed E-state index contributed by atoms with van der Waals surface area (Å²) in [5.41, 5.74) is 1.67. The molecular weight excluding hydrogens is 317 g/mol. The Hall–Kier alpha value is -2.80. The van der Waals surface area contributed by atoms with Crippen molar-refractivity contribution in [2.45, 2.75) is 0 Å². The molecule has 0 fully saturated rings. The zero-order valence-electron chi connectivity index (χ0n) is 11.9. The maximum Gasteiger partial charge on any atom is 0.264 e. The van der Waals surface area contributed by atoms with Crippen LogP contribution in [0.2, 0.25) is 0 Å². The van der Waals surface area contributed by atoms with E-state index in [1.165, 1.54) is 23.5 Å². The predicted octanol–water partition coefficient (Wildman–Crippen LogP) is 3.36. The number of benzene rings is 1. The van der Waals surface area contributed by atoms with Crippen LogP contribution < -0.4 is 10.1 Å². The van der Waals surface area contributed by atoms with Gasteiger partial charge in [-0.3, -0.25) is 15.1 Å². The van der Waals surface area contributed by atoms with Crippen molar-refractivity contribution < 1.29 is 13.9 Å². The highest BCUT2D eigenvalue weighted by Crippen LogP contribution is 2.24. The molecule has 0 aliphatic rings. The summed E-state index contributed by atoms with van der Waals surface area (Å²) in [6.45, 7) is -0.287. The number of aromatic nitrogens is 2. The number of hydrogen-bond acceptors (Lipinski definition) is 5. The van der Waals surface area contributed by atoms with Crippen molar-refractivity contribution in [2.24, 2.45) is 0 Å². The van der Waals surface area contributed by atoms with E-state index in [4.69, 9.17) is 4.74 Å². The summed E-state index contributed by atoms with van der Waals surface area (Å²) in [4.78, 5) is 20.1. The topological polar surface area (TPSA) is 64.1 Å². The van der Waals surface area contributed by atoms with Crippen LogP contribution in [0, 0.1) is 5.82 Å². The van der Waals surface area contributed by atoms with Crippen molar-refractivity contribution in [3.05, 3.63) is 60.0 Å². The minimum atomic E-state index is -0.505. The van der Waals surface area contributed by atoms with Crippen LogP contribution in [0.3, 0.4) is 0 Å². The minimum absolute atomic E-state index is 0.0410. The highest BCUT2D eigenvalue weighted by Gasteiger charge is 2.10. The van der Waals surface area contributed by atoms with E-state index in [-0.39, 0.29) is 12.4 Å². The van der Waals surface area contributed by atoms with E-state index in [1.807, 2.05) is 17.5 Å². The van der Waals surface area contributed by atoms with Gasteiger partial charge in [0.2, 0.25) is 0 Å². The molecule has 1 aromatic carbocycles. The molecule has 0 atom stereocenters. The van der Waals surface area contributed by atoms with Crippen molar-refractivity contribution in [1.29, 1.82) is 0 Å². The molecule has 0 unspecified atom stereocenters. The second-order valence-electron chi connectivity index (χ2n) is 4.54. The number of nitrogens with zero attached hydrogens (tertiary/aromatic N) is 2. The van der Waals surface area contributed by atoms with Crippen molar-refractivity contribution in [2.75, 3.05) is 11.9 Å². The normalized spacial score (nSPS) is 10.3. The third kappa shape index (κ3) is 3.89. The van der Waals surface area contributed by atoms with Gasteiger partial charge in [0.15, 0.2) is 23.3 Å². The number of rotatable bonds is 5. The zero-order valence-corrected chi connectivity index (χ0v) is 12.7. The SMILES string of the molecule is O=C(COc1ccccc1F)Nc1nc(-c2ccncc2)cs1. The summed E-state index contributed by atoms with van der Waals surface area (Å²) < 4.78 is 18.5. The number of nitrogens with one attached hydrogen (secondary N) is 1. The van der Waals surface area contributed by atoms with Crippen LogP contribution in [0.1, 0.15) is 0 Å². The quantitative estimate of drug-likeness (QED) is 0.779. The van der Waals surface area contributed by atoms with Crippen LogP contribution in [0.5, 0.6) is 5.75 Å². The number of pyridine rings is 1. The number of para-hydroxylation sites is 1. The first kappa shape index (κ1) is 15.1. The Labute approximate surface area is 135 Å². The number of anilines is 1. The van der Waals surface area contributed by atoms with E-state index in [9.17, 15) is 9.18 Å². The van der Waals surface area contributed by atoms with Gasteiger partial charge in [0.1, 0.15) is 0 Å². The highest BCUT2D eigenvalue weighted by molar-refractivity contribution is 7.14. The van der Waals surface area contributed by atoms with Crippen molar-refractivity contribution in [1.82, 2.24) is 9.97 Å². The maximum atomic E-state index is 13.4. The van der Waals surface area contributed by atoms with Crippen LogP contribution in [-0.2, 0) is 4.79 Å². The lowest BCUT2D eigenvalue weighted by molar-refractivity contribution is -0.118. The standard InChI is InChI=1S/C16H12FN3O2S/c17-12-3-1-2-4-14(12)22-9-15(21)20-16-19-13(10-23-16)11-5-7-18-8-6-11/h1-8,10H,9H2,(H,19,20,21). The molecular formula is C16H12FN3O2S. The van der Waals surface area contributed by atoms with Gasteiger partial charge in [-0.2, -0.15) is 0 Å². The molecule has 0 aliphatic carbocycles. The van der Waals surface area contributed by atoms with Gasteiger partial charge in [0.25, 0.3) is 5.91 Å². The van der Waals surface area contributed by atoms with E-state index in [2.05, 4.69) is 15.3 Å². The number of carbonyl (C=O) groups excluding carboxylic acids is 1. The lowest BCUT2D eigenvalue weighted by Crippen LogP contribution is -2.20. The smallest absolute Gasteiger partial charge is 0.264 e. The molecule has 1 N–H and O–H groups in total. The molecule has 0 spiro atoms. The number of hydrogen-bond donors (Lipinski definition) is 1. The Morgan fingerprint density at radius 1 is 1.22 bits per heavy atom. The Morgan fingerprint density at radius 2 is 2.00 bits per heavy atom. The third-order valence-electron chi connectivity index (χ3n) is 2.92. The number of thiazole rings is 1. The van der Waals surface area contributed by atoms with E-state index in [1.54, 1.807) is 24.5 Å². The molecule has 2 heterocycles. The molecule has 3 rings (SSSR count). The highest BCUT2D eigenvalue weighted by atomic mass is 32.1. The summed E-state index contributed by atoms with van der Waals surface area (Å²) in [6, 6.07) is 9.60. The molecule has 2 aromatic heterocycles. The van der Waals surface area contributed by atoms with Gasteiger partial charge < -0.3 is 4.74 Å². The molecule has 116 valence electrons. The van der Waals surface area contributed by atoms with E-state index >= 15 is 0 Å². The fourth-order valence-corrected chi connectivity index (χ4v) is 2.58. The predicted molar refractivity (Wildman–Crippen MR) is 85.9 cm³/mol. The number of amides is 1. The van der Waals surface area contributed by atoms with Crippen LogP contribution in [0.15, 0.2) is 54.2 Å². The second-order valence-corrected chi connectivity index (χ2v) is 5.40. The molecule has 5 nitrogen and oxygen atoms in total. The Balaban J connectivity index is 1.58. The van der Waals surface area contributed by atoms with Crippen LogP contribution >= 0.6 is 11.3 Å². The zero-order chi connectivity index (χ0) is 16.1. The van der Waals surface area contributed by atoms with Crippen molar-refractivity contribution in [3.8, 4) is 17.0 Å². The fourth-order valence-electron chi connectivity index (χ4n) is 1.85. The molecule has 0 aliphatic heterocycles. The first-order chi connectivity index (χ1) is 11.2. The monoisotopic (exact) mass is 329 g/mol. The van der Waals surface area contributed by atoms with E-state index < -0.39 is 11.7 Å². The Kier molecular flexibility index (Phi) is 4.58. The van der Waals surface area contributed by atoms with Gasteiger partial charge in [-0.05, 0) is 24.3 Å². The van der Waals surface area contributed by atoms with Gasteiger partial charge in [-0.15, -0.1) is 11.3 Å². The molecule has 0 saturated carbocycles. The Bertz CT molecular complexity index is 808. The number of ether oxygens (including phenoxy) is 1. The van der Waals surface area contributed by atoms with Crippen LogP contribution in [0.25, 0.3) is 11.3 Å². The summed E-state index contributed by atoms with van der Waals surface area (Å²) in [5, 5.41) is 4.92. The molecule has 23 heavy (non-hydrogen) atoms. The summed E-state index contributed by atoms with van der Waals surface area (Å²) >= 11 is 1.30. The molecule has 7 heteroatoms. The van der Waals surface area contributed by atoms with Gasteiger partial charge in [0.05, 0.1) is 5.69 Å². The van der Waals surface area contributed by atoms with Gasteiger partial charge in [-0.25, -0.2) is 9.37 Å². The maximum absolute atomic E-state index is 13.4. The van der Waals surface area contributed by atoms with Gasteiger partial charge in [0, 0.05) is 23.3 Å². The number of halogens is 1. The minimum Gasteiger partial charge on any atom is -0.481 e. The molecule has 0 saturated heterocycles. The van der Waals surface area contributed by atoms with Gasteiger partial charge in [-0.1, -0.05) is 12.1 Å². The lowest BCUT2D eigenvalue weighted by atomic mass is 10.2. The second kappa shape index (κ2) is 6.97. The Morgan fingerprint density at radius 3 is 2.78 bits per heavy atom. The summed E-state index contributed by atoms with van der Waals surface area (Å²) in [6.07, 6.45) is 3.35. The largest absolute Gasteiger partial charge is 0.481 e. The van der Waals surface area contributed by atoms with Crippen LogP contribution in [-0.4, -0.2) is 22.5 Å².